The first-order valence-corrected chi connectivity index (χ1v) is 7.16. The van der Waals surface area contributed by atoms with Crippen LogP contribution in [0.25, 0.3) is 0 Å². The van der Waals surface area contributed by atoms with Gasteiger partial charge < -0.3 is 30.7 Å². The molecular weight excluding hydrogens is 320 g/mol. The van der Waals surface area contributed by atoms with Gasteiger partial charge in [-0.2, -0.15) is 0 Å². The van der Waals surface area contributed by atoms with Gasteiger partial charge in [0.1, 0.15) is 17.4 Å². The lowest BCUT2D eigenvalue weighted by Gasteiger charge is -2.14. The van der Waals surface area contributed by atoms with E-state index < -0.39 is 29.6 Å². The minimum Gasteiger partial charge on any atom is -0.507 e. The molecule has 1 unspecified atom stereocenters. The fraction of sp³-hybridized carbons (Fsp3) is 0.400. The average Bonchev–Trinajstić information content (AvgIpc) is 2.49. The van der Waals surface area contributed by atoms with Crippen molar-refractivity contribution < 1.29 is 34.4 Å². The van der Waals surface area contributed by atoms with Crippen LogP contribution in [0.3, 0.4) is 0 Å². The molecule has 132 valence electrons. The molecule has 0 saturated carbocycles. The number of anilines is 1. The lowest BCUT2D eigenvalue weighted by Crippen LogP contribution is -2.40. The van der Waals surface area contributed by atoms with Crippen LogP contribution in [-0.4, -0.2) is 59.5 Å². The first-order valence-electron chi connectivity index (χ1n) is 7.16. The zero-order valence-corrected chi connectivity index (χ0v) is 13.1. The van der Waals surface area contributed by atoms with E-state index in [0.29, 0.717) is 19.6 Å². The topological polar surface area (TPSA) is 145 Å². The summed E-state index contributed by atoms with van der Waals surface area (Å²) in [6, 6.07) is 2.48. The number of aliphatic carboxylic acids is 1. The van der Waals surface area contributed by atoms with E-state index >= 15 is 0 Å². The van der Waals surface area contributed by atoms with Crippen LogP contribution in [0.2, 0.25) is 0 Å². The largest absolute Gasteiger partial charge is 0.507 e. The lowest BCUT2D eigenvalue weighted by atomic mass is 10.1. The Hall–Kier alpha value is -2.65. The standard InChI is InChI=1S/C15H20N2O7/c1-24-6-2-5-16-11(15(22)23)8-13(19)17-9-3-4-10(14(20)21)12(18)7-9/h3-4,7,11,16,18H,2,5-6,8H2,1H3,(H,17,19)(H,20,21)(H,22,23). The van der Waals surface area contributed by atoms with Crippen LogP contribution in [0.15, 0.2) is 18.2 Å². The van der Waals surface area contributed by atoms with Crippen molar-refractivity contribution in [2.75, 3.05) is 25.6 Å². The molecule has 1 aromatic rings. The minimum atomic E-state index is -1.29. The van der Waals surface area contributed by atoms with Crippen molar-refractivity contribution in [1.82, 2.24) is 5.32 Å². The molecule has 0 spiro atoms. The van der Waals surface area contributed by atoms with E-state index in [1.165, 1.54) is 13.2 Å². The van der Waals surface area contributed by atoms with Crippen LogP contribution < -0.4 is 10.6 Å². The van der Waals surface area contributed by atoms with Gasteiger partial charge in [0.15, 0.2) is 0 Å². The van der Waals surface area contributed by atoms with Crippen LogP contribution in [0, 0.1) is 0 Å². The molecule has 0 aromatic heterocycles. The van der Waals surface area contributed by atoms with Gasteiger partial charge in [0.2, 0.25) is 5.91 Å². The van der Waals surface area contributed by atoms with E-state index in [1.54, 1.807) is 0 Å². The van der Waals surface area contributed by atoms with Gasteiger partial charge in [0.25, 0.3) is 0 Å². The van der Waals surface area contributed by atoms with E-state index in [9.17, 15) is 19.5 Å². The molecular formula is C15H20N2O7. The number of rotatable bonds is 10. The maximum Gasteiger partial charge on any atom is 0.339 e. The number of amides is 1. The molecule has 0 radical (unpaired) electrons. The summed E-state index contributed by atoms with van der Waals surface area (Å²) >= 11 is 0. The quantitative estimate of drug-likeness (QED) is 0.387. The van der Waals surface area contributed by atoms with Crippen LogP contribution in [0.1, 0.15) is 23.2 Å². The maximum absolute atomic E-state index is 11.9. The normalized spacial score (nSPS) is 11.7. The summed E-state index contributed by atoms with van der Waals surface area (Å²) in [5, 5.41) is 32.6. The second-order valence-electron chi connectivity index (χ2n) is 4.98. The Kier molecular flexibility index (Phi) is 7.66. The second kappa shape index (κ2) is 9.48. The Labute approximate surface area is 138 Å². The van der Waals surface area contributed by atoms with Crippen molar-refractivity contribution in [2.24, 2.45) is 0 Å². The summed E-state index contributed by atoms with van der Waals surface area (Å²) in [5.41, 5.74) is -0.123. The molecule has 9 heteroatoms. The predicted molar refractivity (Wildman–Crippen MR) is 84.2 cm³/mol. The highest BCUT2D eigenvalue weighted by Crippen LogP contribution is 2.22. The van der Waals surface area contributed by atoms with E-state index in [1.807, 2.05) is 0 Å². The van der Waals surface area contributed by atoms with Crippen molar-refractivity contribution in [2.45, 2.75) is 18.9 Å². The molecule has 0 fully saturated rings. The number of carboxylic acids is 2. The number of carboxylic acid groups (broad SMARTS) is 2. The van der Waals surface area contributed by atoms with E-state index in [0.717, 1.165) is 12.1 Å². The van der Waals surface area contributed by atoms with E-state index in [4.69, 9.17) is 14.9 Å². The molecule has 0 heterocycles. The molecule has 1 rings (SSSR count). The molecule has 0 saturated heterocycles. The molecule has 1 aromatic carbocycles. The number of methoxy groups -OCH3 is 1. The molecule has 1 amide bonds. The number of carbonyl (C=O) groups is 3. The monoisotopic (exact) mass is 340 g/mol. The van der Waals surface area contributed by atoms with Gasteiger partial charge in [-0.15, -0.1) is 0 Å². The average molecular weight is 340 g/mol. The third-order valence-electron chi connectivity index (χ3n) is 3.12. The van der Waals surface area contributed by atoms with Gasteiger partial charge in [-0.3, -0.25) is 9.59 Å². The number of ether oxygens (including phenoxy) is 1. The number of hydrogen-bond acceptors (Lipinski definition) is 6. The first-order chi connectivity index (χ1) is 11.3. The van der Waals surface area contributed by atoms with Crippen molar-refractivity contribution in [3.05, 3.63) is 23.8 Å². The van der Waals surface area contributed by atoms with Crippen molar-refractivity contribution >= 4 is 23.5 Å². The third-order valence-corrected chi connectivity index (χ3v) is 3.12. The number of aromatic carboxylic acids is 1. The molecule has 1 atom stereocenters. The highest BCUT2D eigenvalue weighted by Gasteiger charge is 2.21. The van der Waals surface area contributed by atoms with Gasteiger partial charge in [-0.25, -0.2) is 4.79 Å². The summed E-state index contributed by atoms with van der Waals surface area (Å²) in [6.45, 7) is 0.854. The number of benzene rings is 1. The highest BCUT2D eigenvalue weighted by atomic mass is 16.5. The van der Waals surface area contributed by atoms with E-state index in [-0.39, 0.29) is 17.7 Å². The van der Waals surface area contributed by atoms with Gasteiger partial charge in [-0.05, 0) is 25.1 Å². The Morgan fingerprint density at radius 1 is 1.25 bits per heavy atom. The van der Waals surface area contributed by atoms with Crippen LogP contribution >= 0.6 is 0 Å². The third kappa shape index (κ3) is 6.23. The summed E-state index contributed by atoms with van der Waals surface area (Å²) in [4.78, 5) is 33.8. The fourth-order valence-electron chi connectivity index (χ4n) is 1.93. The predicted octanol–water partition coefficient (Wildman–Crippen LogP) is 0.498. The summed E-state index contributed by atoms with van der Waals surface area (Å²) in [5.74, 6) is -3.53. The van der Waals surface area contributed by atoms with Crippen molar-refractivity contribution in [3.63, 3.8) is 0 Å². The molecule has 24 heavy (non-hydrogen) atoms. The summed E-state index contributed by atoms with van der Waals surface area (Å²) in [7, 11) is 1.53. The Morgan fingerprint density at radius 3 is 2.50 bits per heavy atom. The molecule has 0 aliphatic rings. The summed E-state index contributed by atoms with van der Waals surface area (Å²) < 4.78 is 4.85. The van der Waals surface area contributed by atoms with Gasteiger partial charge >= 0.3 is 11.9 Å². The minimum absolute atomic E-state index is 0.172. The number of nitrogens with one attached hydrogen (secondary N) is 2. The number of aromatic hydroxyl groups is 1. The van der Waals surface area contributed by atoms with Gasteiger partial charge in [-0.1, -0.05) is 0 Å². The Morgan fingerprint density at radius 2 is 1.96 bits per heavy atom. The number of carbonyl (C=O) groups excluding carboxylic acids is 1. The zero-order valence-electron chi connectivity index (χ0n) is 13.1. The van der Waals surface area contributed by atoms with Crippen molar-refractivity contribution in [3.8, 4) is 5.75 Å². The number of phenols is 1. The van der Waals surface area contributed by atoms with Crippen LogP contribution in [0.4, 0.5) is 5.69 Å². The lowest BCUT2D eigenvalue weighted by molar-refractivity contribution is -0.141. The Bertz CT molecular complexity index is 603. The van der Waals surface area contributed by atoms with Crippen LogP contribution in [0.5, 0.6) is 5.75 Å². The fourth-order valence-corrected chi connectivity index (χ4v) is 1.93. The molecule has 0 bridgehead atoms. The summed E-state index contributed by atoms with van der Waals surface area (Å²) in [6.07, 6.45) is 0.288. The molecule has 0 aliphatic heterocycles. The number of hydrogen-bond donors (Lipinski definition) is 5. The zero-order chi connectivity index (χ0) is 18.1. The van der Waals surface area contributed by atoms with Crippen molar-refractivity contribution in [1.29, 1.82) is 0 Å². The van der Waals surface area contributed by atoms with E-state index in [2.05, 4.69) is 10.6 Å². The Balaban J connectivity index is 2.61. The first kappa shape index (κ1) is 19.4. The smallest absolute Gasteiger partial charge is 0.339 e. The van der Waals surface area contributed by atoms with Gasteiger partial charge in [0, 0.05) is 25.5 Å². The molecule has 5 N–H and O–H groups in total. The SMILES string of the molecule is COCCCNC(CC(=O)Nc1ccc(C(=O)O)c(O)c1)C(=O)O. The molecule has 0 aliphatic carbocycles. The van der Waals surface area contributed by atoms with Crippen LogP contribution in [-0.2, 0) is 14.3 Å². The highest BCUT2D eigenvalue weighted by molar-refractivity contribution is 5.96. The maximum atomic E-state index is 11.9. The molecule has 9 nitrogen and oxygen atoms in total. The second-order valence-corrected chi connectivity index (χ2v) is 4.98. The van der Waals surface area contributed by atoms with Gasteiger partial charge in [0.05, 0.1) is 6.42 Å².